The van der Waals surface area contributed by atoms with Crippen LogP contribution >= 0.6 is 11.3 Å². The Labute approximate surface area is 204 Å². The summed E-state index contributed by atoms with van der Waals surface area (Å²) in [5.74, 6) is 0. The summed E-state index contributed by atoms with van der Waals surface area (Å²) in [7, 11) is 0. The number of hydrogen-bond donors (Lipinski definition) is 0. The van der Waals surface area contributed by atoms with Gasteiger partial charge in [-0.3, -0.25) is 9.36 Å². The smallest absolute Gasteiger partial charge is 0.279 e. The van der Waals surface area contributed by atoms with E-state index in [4.69, 9.17) is 0 Å². The molecule has 0 unspecified atom stereocenters. The van der Waals surface area contributed by atoms with Crippen LogP contribution in [0.4, 0.5) is 0 Å². The Morgan fingerprint density at radius 3 is 2.24 bits per heavy atom. The predicted octanol–water partition coefficient (Wildman–Crippen LogP) is 6.07. The zero-order valence-electron chi connectivity index (χ0n) is 20.7. The normalized spacial score (nSPS) is 13.8. The van der Waals surface area contributed by atoms with E-state index in [1.807, 2.05) is 36.6 Å². The number of rotatable bonds is 3. The third kappa shape index (κ3) is 3.76. The minimum atomic E-state index is -0.253. The first kappa shape index (κ1) is 22.9. The maximum absolute atomic E-state index is 14.0. The molecule has 2 aromatic heterocycles. The summed E-state index contributed by atoms with van der Waals surface area (Å²) in [6.45, 7) is 10.9. The highest BCUT2D eigenvalue weighted by atomic mass is 32.1. The first-order valence-electron chi connectivity index (χ1n) is 12.2. The third-order valence-electron chi connectivity index (χ3n) is 7.39. The summed E-state index contributed by atoms with van der Waals surface area (Å²) in [5, 5.41) is 0.752. The molecule has 176 valence electrons. The van der Waals surface area contributed by atoms with Gasteiger partial charge in [0.05, 0.1) is 17.6 Å². The molecule has 4 aromatic rings. The van der Waals surface area contributed by atoms with Crippen LogP contribution in [-0.2, 0) is 19.4 Å². The lowest BCUT2D eigenvalue weighted by Gasteiger charge is -2.16. The average Bonchev–Trinajstić information content (AvgIpc) is 2.97. The Morgan fingerprint density at radius 1 is 0.824 bits per heavy atom. The van der Waals surface area contributed by atoms with Gasteiger partial charge in [-0.1, -0.05) is 30.2 Å². The SMILES string of the molecule is Cc1cc(C)c(Cn2c(=O)n(-c3ccc(C)c(C)c3)c(=O)c3c4c(sc32)CCCCC4)c(C)c1. The highest BCUT2D eigenvalue weighted by Gasteiger charge is 2.24. The molecule has 4 nitrogen and oxygen atoms in total. The van der Waals surface area contributed by atoms with Crippen molar-refractivity contribution >= 4 is 21.6 Å². The third-order valence-corrected chi connectivity index (χ3v) is 8.71. The summed E-state index contributed by atoms with van der Waals surface area (Å²) in [6, 6.07) is 10.2. The largest absolute Gasteiger partial charge is 0.337 e. The summed E-state index contributed by atoms with van der Waals surface area (Å²) in [5.41, 5.74) is 8.36. The minimum absolute atomic E-state index is 0.170. The number of aryl methyl sites for hydroxylation is 7. The molecule has 0 amide bonds. The maximum Gasteiger partial charge on any atom is 0.337 e. The van der Waals surface area contributed by atoms with Crippen molar-refractivity contribution < 1.29 is 0 Å². The van der Waals surface area contributed by atoms with E-state index in [1.165, 1.54) is 38.1 Å². The number of hydrogen-bond acceptors (Lipinski definition) is 3. The number of thiophene rings is 1. The molecule has 0 radical (unpaired) electrons. The van der Waals surface area contributed by atoms with Crippen molar-refractivity contribution in [3.63, 3.8) is 0 Å². The number of benzene rings is 2. The molecule has 5 heteroatoms. The standard InChI is InChI=1S/C29H32N2O2S/c1-17-13-20(4)24(21(5)14-17)16-30-28-26(23-9-7-6-8-10-25(23)34-28)27(32)31(29(30)33)22-12-11-18(2)19(3)15-22/h11-15H,6-10,16H2,1-5H3. The molecule has 0 saturated carbocycles. The Kier molecular flexibility index (Phi) is 5.85. The number of fused-ring (bicyclic) bond motifs is 3. The molecule has 5 rings (SSSR count). The van der Waals surface area contributed by atoms with Crippen molar-refractivity contribution in [2.75, 3.05) is 0 Å². The van der Waals surface area contributed by atoms with E-state index >= 15 is 0 Å². The fourth-order valence-corrected chi connectivity index (χ4v) is 6.77. The van der Waals surface area contributed by atoms with Crippen LogP contribution < -0.4 is 11.2 Å². The Bertz CT molecular complexity index is 1530. The monoisotopic (exact) mass is 472 g/mol. The second kappa shape index (κ2) is 8.70. The molecule has 2 aromatic carbocycles. The van der Waals surface area contributed by atoms with Crippen molar-refractivity contribution in [1.82, 2.24) is 9.13 Å². The van der Waals surface area contributed by atoms with E-state index in [0.717, 1.165) is 52.6 Å². The molecule has 0 atom stereocenters. The Hall–Kier alpha value is -2.92. The van der Waals surface area contributed by atoms with Gasteiger partial charge in [0.15, 0.2) is 0 Å². The van der Waals surface area contributed by atoms with Gasteiger partial charge in [-0.25, -0.2) is 9.36 Å². The van der Waals surface area contributed by atoms with Gasteiger partial charge in [-0.2, -0.15) is 0 Å². The van der Waals surface area contributed by atoms with Gasteiger partial charge in [0.25, 0.3) is 5.56 Å². The summed E-state index contributed by atoms with van der Waals surface area (Å²) in [6.07, 6.45) is 5.34. The van der Waals surface area contributed by atoms with Crippen LogP contribution in [0, 0.1) is 34.6 Å². The zero-order valence-corrected chi connectivity index (χ0v) is 21.6. The summed E-state index contributed by atoms with van der Waals surface area (Å²) in [4.78, 5) is 30.1. The molecule has 0 aliphatic heterocycles. The Morgan fingerprint density at radius 2 is 1.53 bits per heavy atom. The fourth-order valence-electron chi connectivity index (χ4n) is 5.39. The van der Waals surface area contributed by atoms with Gasteiger partial charge in [0, 0.05) is 4.88 Å². The lowest BCUT2D eigenvalue weighted by Crippen LogP contribution is -2.39. The molecule has 0 saturated heterocycles. The molecule has 2 heterocycles. The van der Waals surface area contributed by atoms with Crippen LogP contribution in [0.5, 0.6) is 0 Å². The molecule has 34 heavy (non-hydrogen) atoms. The highest BCUT2D eigenvalue weighted by Crippen LogP contribution is 2.34. The quantitative estimate of drug-likeness (QED) is 0.340. The molecule has 0 N–H and O–H groups in total. The van der Waals surface area contributed by atoms with Crippen molar-refractivity contribution in [3.8, 4) is 5.69 Å². The van der Waals surface area contributed by atoms with E-state index in [2.05, 4.69) is 32.9 Å². The highest BCUT2D eigenvalue weighted by molar-refractivity contribution is 7.18. The first-order valence-corrected chi connectivity index (χ1v) is 13.0. The summed E-state index contributed by atoms with van der Waals surface area (Å²) >= 11 is 1.66. The van der Waals surface area contributed by atoms with Gasteiger partial charge in [-0.15, -0.1) is 11.3 Å². The molecule has 1 aliphatic carbocycles. The van der Waals surface area contributed by atoms with E-state index < -0.39 is 0 Å². The first-order chi connectivity index (χ1) is 16.3. The van der Waals surface area contributed by atoms with Crippen molar-refractivity contribution in [2.24, 2.45) is 0 Å². The number of aromatic nitrogens is 2. The van der Waals surface area contributed by atoms with Crippen LogP contribution in [0.15, 0.2) is 39.9 Å². The maximum atomic E-state index is 14.0. The zero-order chi connectivity index (χ0) is 24.1. The topological polar surface area (TPSA) is 44.0 Å². The van der Waals surface area contributed by atoms with E-state index in [9.17, 15) is 9.59 Å². The average molecular weight is 473 g/mol. The van der Waals surface area contributed by atoms with Crippen LogP contribution in [-0.4, -0.2) is 9.13 Å². The van der Waals surface area contributed by atoms with Gasteiger partial charge in [0.2, 0.25) is 0 Å². The van der Waals surface area contributed by atoms with Gasteiger partial charge < -0.3 is 0 Å². The van der Waals surface area contributed by atoms with E-state index in [-0.39, 0.29) is 11.2 Å². The molecular weight excluding hydrogens is 440 g/mol. The van der Waals surface area contributed by atoms with Gasteiger partial charge in [0.1, 0.15) is 4.83 Å². The number of nitrogens with zero attached hydrogens (tertiary/aromatic N) is 2. The second-order valence-corrected chi connectivity index (χ2v) is 11.0. The van der Waals surface area contributed by atoms with Gasteiger partial charge in [-0.05, 0) is 106 Å². The minimum Gasteiger partial charge on any atom is -0.279 e. The van der Waals surface area contributed by atoms with Gasteiger partial charge >= 0.3 is 5.69 Å². The predicted molar refractivity (Wildman–Crippen MR) is 142 cm³/mol. The van der Waals surface area contributed by atoms with Crippen LogP contribution in [0.25, 0.3) is 15.9 Å². The molecule has 0 bridgehead atoms. The van der Waals surface area contributed by atoms with Crippen LogP contribution in [0.2, 0.25) is 0 Å². The van der Waals surface area contributed by atoms with Crippen molar-refractivity contribution in [2.45, 2.75) is 73.3 Å². The van der Waals surface area contributed by atoms with Crippen molar-refractivity contribution in [1.29, 1.82) is 0 Å². The molecular formula is C29H32N2O2S. The Balaban J connectivity index is 1.85. The van der Waals surface area contributed by atoms with E-state index in [0.29, 0.717) is 12.2 Å². The molecule has 0 fully saturated rings. The van der Waals surface area contributed by atoms with Crippen molar-refractivity contribution in [3.05, 3.63) is 95.0 Å². The van der Waals surface area contributed by atoms with Crippen LogP contribution in [0.1, 0.15) is 63.1 Å². The fraction of sp³-hybridized carbons (Fsp3) is 0.379. The molecule has 1 aliphatic rings. The summed E-state index contributed by atoms with van der Waals surface area (Å²) < 4.78 is 3.27. The lowest BCUT2D eigenvalue weighted by molar-refractivity contribution is 0.706. The second-order valence-electron chi connectivity index (χ2n) is 9.90. The van der Waals surface area contributed by atoms with E-state index in [1.54, 1.807) is 11.3 Å². The molecule has 0 spiro atoms. The van der Waals surface area contributed by atoms with Crippen LogP contribution in [0.3, 0.4) is 0 Å². The lowest BCUT2D eigenvalue weighted by atomic mass is 10.00.